The third-order valence-corrected chi connectivity index (χ3v) is 3.58. The lowest BCUT2D eigenvalue weighted by atomic mass is 9.86. The van der Waals surface area contributed by atoms with Gasteiger partial charge < -0.3 is 9.88 Å². The molecule has 0 aliphatic rings. The molecule has 0 saturated carbocycles. The quantitative estimate of drug-likeness (QED) is 0.825. The van der Waals surface area contributed by atoms with E-state index in [-0.39, 0.29) is 23.9 Å². The smallest absolute Gasteiger partial charge is 0.336 e. The average Bonchev–Trinajstić information content (AvgIpc) is 2.77. The zero-order valence-corrected chi connectivity index (χ0v) is 13.2. The van der Waals surface area contributed by atoms with E-state index in [1.807, 2.05) is 17.7 Å². The van der Waals surface area contributed by atoms with E-state index in [4.69, 9.17) is 0 Å². The predicted molar refractivity (Wildman–Crippen MR) is 78.0 cm³/mol. The summed E-state index contributed by atoms with van der Waals surface area (Å²) in [4.78, 5) is 4.02. The molecule has 0 radical (unpaired) electrons. The number of halogens is 3. The monoisotopic (exact) mass is 305 g/mol. The standard InChI is InChI=1S/C15H26F3N3/c1-12(6-5-7-15(16,17)18)20-13(14(2,3)4)10-21-9-8-19-11-21/h8-9,11-13,20H,5-7,10H2,1-4H3. The third kappa shape index (κ3) is 7.50. The summed E-state index contributed by atoms with van der Waals surface area (Å²) in [6.45, 7) is 9.09. The zero-order valence-electron chi connectivity index (χ0n) is 13.2. The first-order valence-corrected chi connectivity index (χ1v) is 7.36. The van der Waals surface area contributed by atoms with E-state index in [1.54, 1.807) is 12.5 Å². The van der Waals surface area contributed by atoms with Crippen molar-refractivity contribution < 1.29 is 13.2 Å². The number of rotatable bonds is 7. The molecule has 2 unspecified atom stereocenters. The molecule has 0 aliphatic heterocycles. The minimum absolute atomic E-state index is 0.0164. The van der Waals surface area contributed by atoms with Gasteiger partial charge in [-0.15, -0.1) is 0 Å². The topological polar surface area (TPSA) is 29.9 Å². The largest absolute Gasteiger partial charge is 0.389 e. The van der Waals surface area contributed by atoms with Crippen molar-refractivity contribution >= 4 is 0 Å². The Morgan fingerprint density at radius 1 is 1.24 bits per heavy atom. The number of hydrogen-bond acceptors (Lipinski definition) is 2. The molecule has 1 heterocycles. The van der Waals surface area contributed by atoms with Crippen LogP contribution in [0.25, 0.3) is 0 Å². The van der Waals surface area contributed by atoms with Crippen molar-refractivity contribution in [2.75, 3.05) is 0 Å². The SMILES string of the molecule is CC(CCCC(F)(F)F)NC(Cn1ccnc1)C(C)(C)C. The Morgan fingerprint density at radius 3 is 2.38 bits per heavy atom. The number of hydrogen-bond donors (Lipinski definition) is 1. The van der Waals surface area contributed by atoms with Gasteiger partial charge in [0.2, 0.25) is 0 Å². The molecule has 3 nitrogen and oxygen atoms in total. The maximum Gasteiger partial charge on any atom is 0.389 e. The highest BCUT2D eigenvalue weighted by atomic mass is 19.4. The molecule has 1 aromatic heterocycles. The zero-order chi connectivity index (χ0) is 16.1. The molecule has 0 aromatic carbocycles. The summed E-state index contributed by atoms with van der Waals surface area (Å²) < 4.78 is 38.5. The van der Waals surface area contributed by atoms with Gasteiger partial charge in [0.1, 0.15) is 0 Å². The first-order chi connectivity index (χ1) is 9.58. The van der Waals surface area contributed by atoms with Crippen LogP contribution in [0.1, 0.15) is 47.0 Å². The molecule has 0 spiro atoms. The van der Waals surface area contributed by atoms with Gasteiger partial charge in [0, 0.05) is 37.4 Å². The van der Waals surface area contributed by atoms with E-state index in [0.717, 1.165) is 6.54 Å². The van der Waals surface area contributed by atoms with E-state index in [0.29, 0.717) is 6.42 Å². The fourth-order valence-corrected chi connectivity index (χ4v) is 2.22. The average molecular weight is 305 g/mol. The highest BCUT2D eigenvalue weighted by Crippen LogP contribution is 2.24. The molecule has 122 valence electrons. The van der Waals surface area contributed by atoms with Gasteiger partial charge in [0.25, 0.3) is 0 Å². The van der Waals surface area contributed by atoms with Crippen LogP contribution >= 0.6 is 0 Å². The first-order valence-electron chi connectivity index (χ1n) is 7.36. The van der Waals surface area contributed by atoms with Crippen LogP contribution in [0.15, 0.2) is 18.7 Å². The first kappa shape index (κ1) is 18.0. The van der Waals surface area contributed by atoms with Crippen molar-refractivity contribution in [2.45, 2.75) is 71.8 Å². The second-order valence-electron chi connectivity index (χ2n) is 6.75. The lowest BCUT2D eigenvalue weighted by Crippen LogP contribution is -2.47. The van der Waals surface area contributed by atoms with Crippen LogP contribution in [0.4, 0.5) is 13.2 Å². The van der Waals surface area contributed by atoms with Crippen molar-refractivity contribution in [2.24, 2.45) is 5.41 Å². The molecule has 0 saturated heterocycles. The van der Waals surface area contributed by atoms with Crippen LogP contribution in [-0.2, 0) is 6.54 Å². The van der Waals surface area contributed by atoms with Crippen molar-refractivity contribution in [1.29, 1.82) is 0 Å². The van der Waals surface area contributed by atoms with Crippen LogP contribution in [-0.4, -0.2) is 27.8 Å². The number of imidazole rings is 1. The fraction of sp³-hybridized carbons (Fsp3) is 0.800. The summed E-state index contributed by atoms with van der Waals surface area (Å²) in [6.07, 6.45) is 1.31. The number of nitrogens with one attached hydrogen (secondary N) is 1. The third-order valence-electron chi connectivity index (χ3n) is 3.58. The summed E-state index contributed by atoms with van der Waals surface area (Å²) in [5, 5.41) is 3.47. The van der Waals surface area contributed by atoms with Crippen LogP contribution in [0, 0.1) is 5.41 Å². The van der Waals surface area contributed by atoms with E-state index in [9.17, 15) is 13.2 Å². The second-order valence-corrected chi connectivity index (χ2v) is 6.75. The number of nitrogens with zero attached hydrogens (tertiary/aromatic N) is 2. The molecule has 0 bridgehead atoms. The highest BCUT2D eigenvalue weighted by molar-refractivity contribution is 4.86. The molecule has 1 aromatic rings. The highest BCUT2D eigenvalue weighted by Gasteiger charge is 2.28. The second kappa shape index (κ2) is 7.29. The maximum absolute atomic E-state index is 12.2. The molecule has 0 amide bonds. The van der Waals surface area contributed by atoms with Crippen molar-refractivity contribution in [3.8, 4) is 0 Å². The van der Waals surface area contributed by atoms with Crippen LogP contribution in [0.3, 0.4) is 0 Å². The van der Waals surface area contributed by atoms with E-state index < -0.39 is 12.6 Å². The minimum atomic E-state index is -4.06. The summed E-state index contributed by atoms with van der Waals surface area (Å²) in [5.74, 6) is 0. The van der Waals surface area contributed by atoms with Crippen molar-refractivity contribution in [3.63, 3.8) is 0 Å². The molecule has 1 N–H and O–H groups in total. The van der Waals surface area contributed by atoms with E-state index >= 15 is 0 Å². The molecule has 6 heteroatoms. The lowest BCUT2D eigenvalue weighted by molar-refractivity contribution is -0.135. The van der Waals surface area contributed by atoms with Gasteiger partial charge in [0.05, 0.1) is 6.33 Å². The Kier molecular flexibility index (Phi) is 6.25. The normalized spacial score (nSPS) is 16.0. The van der Waals surface area contributed by atoms with Gasteiger partial charge >= 0.3 is 6.18 Å². The van der Waals surface area contributed by atoms with E-state index in [2.05, 4.69) is 31.1 Å². The van der Waals surface area contributed by atoms with Crippen LogP contribution in [0.5, 0.6) is 0 Å². The van der Waals surface area contributed by atoms with Gasteiger partial charge in [-0.1, -0.05) is 20.8 Å². The molecule has 1 rings (SSSR count). The summed E-state index contributed by atoms with van der Waals surface area (Å²) in [5.41, 5.74) is 0.0164. The molecular weight excluding hydrogens is 279 g/mol. The predicted octanol–water partition coefficient (Wildman–Crippen LogP) is 4.01. The van der Waals surface area contributed by atoms with Gasteiger partial charge in [-0.25, -0.2) is 4.98 Å². The van der Waals surface area contributed by atoms with Gasteiger partial charge in [0.15, 0.2) is 0 Å². The fourth-order valence-electron chi connectivity index (χ4n) is 2.22. The Labute approximate surface area is 124 Å². The van der Waals surface area contributed by atoms with Gasteiger partial charge in [-0.2, -0.15) is 13.2 Å². The molecule has 2 atom stereocenters. The maximum atomic E-state index is 12.2. The van der Waals surface area contributed by atoms with Gasteiger partial charge in [-0.3, -0.25) is 0 Å². The summed E-state index contributed by atoms with van der Waals surface area (Å²) >= 11 is 0. The lowest BCUT2D eigenvalue weighted by Gasteiger charge is -2.34. The summed E-state index contributed by atoms with van der Waals surface area (Å²) in [7, 11) is 0. The Balaban J connectivity index is 2.49. The number of aromatic nitrogens is 2. The van der Waals surface area contributed by atoms with Crippen LogP contribution in [0.2, 0.25) is 0 Å². The molecular formula is C15H26F3N3. The minimum Gasteiger partial charge on any atom is -0.336 e. The Bertz CT molecular complexity index is 393. The van der Waals surface area contributed by atoms with Crippen LogP contribution < -0.4 is 5.32 Å². The summed E-state index contributed by atoms with van der Waals surface area (Å²) in [6, 6.07) is 0.229. The molecule has 21 heavy (non-hydrogen) atoms. The Morgan fingerprint density at radius 2 is 1.90 bits per heavy atom. The van der Waals surface area contributed by atoms with Crippen molar-refractivity contribution in [3.05, 3.63) is 18.7 Å². The molecule has 0 aliphatic carbocycles. The molecule has 0 fully saturated rings. The van der Waals surface area contributed by atoms with E-state index in [1.165, 1.54) is 0 Å². The number of alkyl halides is 3. The van der Waals surface area contributed by atoms with Crippen molar-refractivity contribution in [1.82, 2.24) is 14.9 Å². The Hall–Kier alpha value is -1.04. The van der Waals surface area contributed by atoms with Gasteiger partial charge in [-0.05, 0) is 25.2 Å².